The van der Waals surface area contributed by atoms with E-state index in [1.807, 2.05) is 6.07 Å². The zero-order valence-corrected chi connectivity index (χ0v) is 12.0. The summed E-state index contributed by atoms with van der Waals surface area (Å²) in [5, 5.41) is 10.9. The van der Waals surface area contributed by atoms with Gasteiger partial charge >= 0.3 is 0 Å². The number of sulfonamides is 1. The summed E-state index contributed by atoms with van der Waals surface area (Å²) in [5.74, 6) is -0.0432. The van der Waals surface area contributed by atoms with Gasteiger partial charge in [-0.25, -0.2) is 13.1 Å². The first-order valence-electron chi connectivity index (χ1n) is 6.54. The molecule has 1 aliphatic carbocycles. The van der Waals surface area contributed by atoms with E-state index in [2.05, 4.69) is 10.0 Å². The van der Waals surface area contributed by atoms with Crippen molar-refractivity contribution in [3.63, 3.8) is 0 Å². The third-order valence-electron chi connectivity index (χ3n) is 3.31. The first-order chi connectivity index (χ1) is 8.92. The van der Waals surface area contributed by atoms with Crippen molar-refractivity contribution in [2.45, 2.75) is 44.6 Å². The highest BCUT2D eigenvalue weighted by atomic mass is 32.2. The quantitative estimate of drug-likeness (QED) is 0.695. The van der Waals surface area contributed by atoms with Crippen molar-refractivity contribution in [1.29, 1.82) is 5.26 Å². The molecule has 0 spiro atoms. The van der Waals surface area contributed by atoms with Gasteiger partial charge in [0.25, 0.3) is 0 Å². The Bertz CT molecular complexity index is 436. The van der Waals surface area contributed by atoms with Crippen LogP contribution >= 0.6 is 0 Å². The van der Waals surface area contributed by atoms with E-state index in [1.54, 1.807) is 0 Å². The smallest absolute Gasteiger partial charge is 0.239 e. The molecule has 0 bridgehead atoms. The van der Waals surface area contributed by atoms with Crippen LogP contribution in [0.15, 0.2) is 0 Å². The summed E-state index contributed by atoms with van der Waals surface area (Å²) in [7, 11) is -3.44. The maximum Gasteiger partial charge on any atom is 0.239 e. The van der Waals surface area contributed by atoms with E-state index >= 15 is 0 Å². The van der Waals surface area contributed by atoms with E-state index in [0.717, 1.165) is 31.9 Å². The molecule has 0 unspecified atom stereocenters. The highest BCUT2D eigenvalue weighted by molar-refractivity contribution is 7.88. The SMILES string of the molecule is CS(=O)(=O)N[C@@H](CC1CCCCC1)C(=O)NCC#N. The molecule has 1 rings (SSSR count). The van der Waals surface area contributed by atoms with E-state index < -0.39 is 22.0 Å². The van der Waals surface area contributed by atoms with Gasteiger partial charge in [-0.15, -0.1) is 0 Å². The van der Waals surface area contributed by atoms with Gasteiger partial charge in [-0.05, 0) is 12.3 Å². The molecule has 0 aromatic heterocycles. The Labute approximate surface area is 114 Å². The molecule has 1 aliphatic rings. The predicted octanol–water partition coefficient (Wildman–Crippen LogP) is 0.514. The first-order valence-corrected chi connectivity index (χ1v) is 8.43. The Morgan fingerprint density at radius 3 is 2.53 bits per heavy atom. The number of amides is 1. The second-order valence-corrected chi connectivity index (χ2v) is 6.84. The van der Waals surface area contributed by atoms with Gasteiger partial charge < -0.3 is 5.32 Å². The Kier molecular flexibility index (Phi) is 6.25. The van der Waals surface area contributed by atoms with Crippen LogP contribution in [0.4, 0.5) is 0 Å². The first kappa shape index (κ1) is 15.9. The van der Waals surface area contributed by atoms with Crippen molar-refractivity contribution < 1.29 is 13.2 Å². The fraction of sp³-hybridized carbons (Fsp3) is 0.833. The zero-order chi connectivity index (χ0) is 14.3. The summed E-state index contributed by atoms with van der Waals surface area (Å²) in [6.45, 7) is -0.106. The molecule has 1 fully saturated rings. The third kappa shape index (κ3) is 6.55. The molecule has 1 saturated carbocycles. The van der Waals surface area contributed by atoms with Crippen molar-refractivity contribution in [2.75, 3.05) is 12.8 Å². The largest absolute Gasteiger partial charge is 0.342 e. The molecule has 7 heteroatoms. The molecule has 6 nitrogen and oxygen atoms in total. The normalized spacial score (nSPS) is 18.5. The minimum atomic E-state index is -3.44. The highest BCUT2D eigenvalue weighted by Gasteiger charge is 2.26. The number of nitrogens with one attached hydrogen (secondary N) is 2. The Hall–Kier alpha value is -1.13. The third-order valence-corrected chi connectivity index (χ3v) is 4.02. The van der Waals surface area contributed by atoms with Crippen molar-refractivity contribution in [3.05, 3.63) is 0 Å². The van der Waals surface area contributed by atoms with Crippen LogP contribution in [0.5, 0.6) is 0 Å². The van der Waals surface area contributed by atoms with Gasteiger partial charge in [-0.2, -0.15) is 5.26 Å². The molecule has 1 amide bonds. The summed E-state index contributed by atoms with van der Waals surface area (Å²) < 4.78 is 25.0. The average Bonchev–Trinajstić information content (AvgIpc) is 2.35. The van der Waals surface area contributed by atoms with Gasteiger partial charge in [-0.3, -0.25) is 4.79 Å². The lowest BCUT2D eigenvalue weighted by Crippen LogP contribution is -2.47. The molecule has 19 heavy (non-hydrogen) atoms. The number of hydrogen-bond donors (Lipinski definition) is 2. The predicted molar refractivity (Wildman–Crippen MR) is 71.6 cm³/mol. The highest BCUT2D eigenvalue weighted by Crippen LogP contribution is 2.27. The molecular formula is C12H21N3O3S. The number of carbonyl (C=O) groups is 1. The van der Waals surface area contributed by atoms with Gasteiger partial charge in [0.2, 0.25) is 15.9 Å². The molecule has 2 N–H and O–H groups in total. The number of nitrogens with zero attached hydrogens (tertiary/aromatic N) is 1. The summed E-state index contributed by atoms with van der Waals surface area (Å²) in [5.41, 5.74) is 0. The van der Waals surface area contributed by atoms with Gasteiger partial charge in [0.05, 0.1) is 12.3 Å². The topological polar surface area (TPSA) is 99.1 Å². The fourth-order valence-electron chi connectivity index (χ4n) is 2.47. The minimum Gasteiger partial charge on any atom is -0.342 e. The van der Waals surface area contributed by atoms with Crippen molar-refractivity contribution in [2.24, 2.45) is 5.92 Å². The second kappa shape index (κ2) is 7.46. The van der Waals surface area contributed by atoms with Crippen LogP contribution in [0.3, 0.4) is 0 Å². The number of hydrogen-bond acceptors (Lipinski definition) is 4. The Morgan fingerprint density at radius 2 is 2.00 bits per heavy atom. The van der Waals surface area contributed by atoms with E-state index in [4.69, 9.17) is 5.26 Å². The van der Waals surface area contributed by atoms with Crippen LogP contribution in [0, 0.1) is 17.2 Å². The van der Waals surface area contributed by atoms with Gasteiger partial charge in [-0.1, -0.05) is 32.1 Å². The molecule has 0 saturated heterocycles. The lowest BCUT2D eigenvalue weighted by atomic mass is 9.85. The van der Waals surface area contributed by atoms with E-state index in [1.165, 1.54) is 6.42 Å². The molecule has 0 aromatic carbocycles. The van der Waals surface area contributed by atoms with Crippen molar-refractivity contribution in [3.8, 4) is 6.07 Å². The van der Waals surface area contributed by atoms with Crippen LogP contribution in [0.2, 0.25) is 0 Å². The molecule has 0 heterocycles. The van der Waals surface area contributed by atoms with Gasteiger partial charge in [0.1, 0.15) is 12.6 Å². The van der Waals surface area contributed by atoms with Gasteiger partial charge in [0.15, 0.2) is 0 Å². The van der Waals surface area contributed by atoms with E-state index in [0.29, 0.717) is 12.3 Å². The lowest BCUT2D eigenvalue weighted by Gasteiger charge is -2.25. The number of carbonyl (C=O) groups excluding carboxylic acids is 1. The number of rotatable bonds is 6. The maximum absolute atomic E-state index is 11.9. The fourth-order valence-corrected chi connectivity index (χ4v) is 3.19. The molecule has 0 aromatic rings. The summed E-state index contributed by atoms with van der Waals surface area (Å²) in [6, 6.07) is 1.04. The standard InChI is InChI=1S/C12H21N3O3S/c1-19(17,18)15-11(12(16)14-8-7-13)9-10-5-3-2-4-6-10/h10-11,15H,2-6,8-9H2,1H3,(H,14,16)/t11-/m0/s1. The molecule has 108 valence electrons. The monoisotopic (exact) mass is 287 g/mol. The minimum absolute atomic E-state index is 0.106. The summed E-state index contributed by atoms with van der Waals surface area (Å²) in [4.78, 5) is 11.9. The maximum atomic E-state index is 11.9. The van der Waals surface area contributed by atoms with E-state index in [-0.39, 0.29) is 6.54 Å². The zero-order valence-electron chi connectivity index (χ0n) is 11.2. The molecule has 1 atom stereocenters. The van der Waals surface area contributed by atoms with E-state index in [9.17, 15) is 13.2 Å². The van der Waals surface area contributed by atoms with Crippen LogP contribution in [0.1, 0.15) is 38.5 Å². The second-order valence-electron chi connectivity index (χ2n) is 5.06. The van der Waals surface area contributed by atoms with Crippen LogP contribution < -0.4 is 10.0 Å². The number of nitriles is 1. The summed E-state index contributed by atoms with van der Waals surface area (Å²) in [6.07, 6.45) is 7.09. The van der Waals surface area contributed by atoms with Crippen molar-refractivity contribution >= 4 is 15.9 Å². The van der Waals surface area contributed by atoms with Crippen LogP contribution in [0.25, 0.3) is 0 Å². The van der Waals surface area contributed by atoms with Gasteiger partial charge in [0, 0.05) is 0 Å². The average molecular weight is 287 g/mol. The summed E-state index contributed by atoms with van der Waals surface area (Å²) >= 11 is 0. The lowest BCUT2D eigenvalue weighted by molar-refractivity contribution is -0.122. The molecule has 0 aliphatic heterocycles. The Morgan fingerprint density at radius 1 is 1.37 bits per heavy atom. The van der Waals surface area contributed by atoms with Crippen LogP contribution in [-0.2, 0) is 14.8 Å². The molecular weight excluding hydrogens is 266 g/mol. The van der Waals surface area contributed by atoms with Crippen molar-refractivity contribution in [1.82, 2.24) is 10.0 Å². The Balaban J connectivity index is 2.62. The van der Waals surface area contributed by atoms with Crippen LogP contribution in [-0.4, -0.2) is 33.2 Å². The molecule has 0 radical (unpaired) electrons.